The summed E-state index contributed by atoms with van der Waals surface area (Å²) in [4.78, 5) is 13.4. The zero-order valence-corrected chi connectivity index (χ0v) is 18.2. The molecular formula is C20H18F4N4O5S. The number of nitrogens with one attached hydrogen (secondary N) is 2. The van der Waals surface area contributed by atoms with Crippen molar-refractivity contribution >= 4 is 32.8 Å². The van der Waals surface area contributed by atoms with Gasteiger partial charge < -0.3 is 14.5 Å². The number of halogens is 4. The van der Waals surface area contributed by atoms with Gasteiger partial charge in [-0.3, -0.25) is 5.32 Å². The van der Waals surface area contributed by atoms with Crippen LogP contribution >= 0.6 is 0 Å². The normalized spacial score (nSPS) is 20.1. The Hall–Kier alpha value is -3.23. The van der Waals surface area contributed by atoms with E-state index in [1.165, 1.54) is 24.3 Å². The third-order valence-corrected chi connectivity index (χ3v) is 6.12. The first-order valence-corrected chi connectivity index (χ1v) is 11.7. The van der Waals surface area contributed by atoms with Gasteiger partial charge in [-0.25, -0.2) is 35.5 Å². The predicted molar refractivity (Wildman–Crippen MR) is 113 cm³/mol. The maximum Gasteiger partial charge on any atom is 0.323 e. The van der Waals surface area contributed by atoms with Crippen molar-refractivity contribution in [3.05, 3.63) is 48.0 Å². The number of sulfonamides is 1. The molecule has 0 unspecified atom stereocenters. The third-order valence-electron chi connectivity index (χ3n) is 5.41. The van der Waals surface area contributed by atoms with Crippen LogP contribution in [0.3, 0.4) is 0 Å². The van der Waals surface area contributed by atoms with Crippen LogP contribution in [0.5, 0.6) is 0 Å². The number of aliphatic hydroxyl groups excluding tert-OH is 1. The van der Waals surface area contributed by atoms with E-state index in [0.29, 0.717) is 11.2 Å². The first-order valence-electron chi connectivity index (χ1n) is 9.80. The van der Waals surface area contributed by atoms with Gasteiger partial charge in [0.25, 0.3) is 5.92 Å². The highest BCUT2D eigenvalue weighted by Gasteiger charge is 2.58. The van der Waals surface area contributed by atoms with Crippen LogP contribution in [0.1, 0.15) is 0 Å². The molecule has 2 amide bonds. The van der Waals surface area contributed by atoms with Crippen LogP contribution in [-0.2, 0) is 10.0 Å². The largest absolute Gasteiger partial charge is 0.394 e. The standard InChI is InChI=1S/C20H18F4N4O5S/c1-34(31,32)27-14-8-28(15(9-29)20(14,23)24)19(30)25-18-17-10(4-2-7-13(17)33-26-18)16-11(21)5-3-6-12(16)22/h2-7,14-15,27,29H,8-9H2,1H3,(H,25,26,30)/t14-,15-/m1/s1. The third kappa shape index (κ3) is 4.19. The second-order valence-corrected chi connectivity index (χ2v) is 9.48. The number of hydrogen-bond donors (Lipinski definition) is 3. The molecule has 4 rings (SSSR count). The maximum absolute atomic E-state index is 14.7. The number of amides is 2. The molecular weight excluding hydrogens is 484 g/mol. The minimum atomic E-state index is -4.05. The highest BCUT2D eigenvalue weighted by atomic mass is 32.2. The van der Waals surface area contributed by atoms with E-state index in [2.05, 4.69) is 10.5 Å². The molecule has 0 bridgehead atoms. The predicted octanol–water partition coefficient (Wildman–Crippen LogP) is 2.53. The van der Waals surface area contributed by atoms with Crippen LogP contribution in [0, 0.1) is 11.6 Å². The molecule has 9 nitrogen and oxygen atoms in total. The Kier molecular flexibility index (Phi) is 5.99. The number of carbonyl (C=O) groups is 1. The number of anilines is 1. The quantitative estimate of drug-likeness (QED) is 0.461. The van der Waals surface area contributed by atoms with Crippen LogP contribution in [0.4, 0.5) is 28.2 Å². The molecule has 1 aliphatic heterocycles. The molecule has 2 aromatic carbocycles. The number of carbonyl (C=O) groups excluding carboxylic acids is 1. The van der Waals surface area contributed by atoms with Crippen LogP contribution < -0.4 is 10.0 Å². The summed E-state index contributed by atoms with van der Waals surface area (Å²) in [6.45, 7) is -1.92. The fourth-order valence-electron chi connectivity index (χ4n) is 3.92. The Morgan fingerprint density at radius 1 is 1.24 bits per heavy atom. The first-order chi connectivity index (χ1) is 15.9. The van der Waals surface area contributed by atoms with Crippen molar-refractivity contribution in [2.24, 2.45) is 0 Å². The number of nitrogens with zero attached hydrogens (tertiary/aromatic N) is 2. The number of aromatic nitrogens is 1. The average Bonchev–Trinajstić information content (AvgIpc) is 3.25. The molecule has 3 aromatic rings. The molecule has 14 heteroatoms. The fourth-order valence-corrected chi connectivity index (χ4v) is 4.67. The molecule has 1 saturated heterocycles. The number of urea groups is 1. The molecule has 2 heterocycles. The maximum atomic E-state index is 14.7. The van der Waals surface area contributed by atoms with Crippen molar-refractivity contribution in [1.82, 2.24) is 14.8 Å². The highest BCUT2D eigenvalue weighted by molar-refractivity contribution is 7.88. The number of fused-ring (bicyclic) bond motifs is 1. The Morgan fingerprint density at radius 2 is 1.88 bits per heavy atom. The van der Waals surface area contributed by atoms with Crippen LogP contribution in [0.15, 0.2) is 40.9 Å². The summed E-state index contributed by atoms with van der Waals surface area (Å²) in [7, 11) is -4.05. The Bertz CT molecular complexity index is 1340. The van der Waals surface area contributed by atoms with Crippen molar-refractivity contribution < 1.29 is 40.4 Å². The van der Waals surface area contributed by atoms with Gasteiger partial charge in [0.05, 0.1) is 23.8 Å². The molecule has 0 radical (unpaired) electrons. The van der Waals surface area contributed by atoms with E-state index in [1.54, 1.807) is 4.72 Å². The first kappa shape index (κ1) is 23.9. The second-order valence-electron chi connectivity index (χ2n) is 7.70. The molecule has 1 aromatic heterocycles. The Labute approximate surface area is 190 Å². The van der Waals surface area contributed by atoms with Crippen molar-refractivity contribution in [3.8, 4) is 11.1 Å². The van der Waals surface area contributed by atoms with Gasteiger partial charge in [-0.1, -0.05) is 23.4 Å². The fraction of sp³-hybridized carbons (Fsp3) is 0.300. The van der Waals surface area contributed by atoms with Gasteiger partial charge in [-0.05, 0) is 18.2 Å². The topological polar surface area (TPSA) is 125 Å². The Morgan fingerprint density at radius 3 is 2.50 bits per heavy atom. The lowest BCUT2D eigenvalue weighted by atomic mass is 10.0. The van der Waals surface area contributed by atoms with E-state index < -0.39 is 64.4 Å². The van der Waals surface area contributed by atoms with Gasteiger partial charge in [0.2, 0.25) is 10.0 Å². The van der Waals surface area contributed by atoms with Crippen LogP contribution in [-0.4, -0.2) is 67.0 Å². The summed E-state index contributed by atoms with van der Waals surface area (Å²) >= 11 is 0. The molecule has 182 valence electrons. The number of likely N-dealkylation sites (tertiary alicyclic amines) is 1. The summed E-state index contributed by atoms with van der Waals surface area (Å²) in [5.41, 5.74) is -0.366. The minimum absolute atomic E-state index is 0.00766. The number of rotatable bonds is 5. The number of alkyl halides is 2. The molecule has 3 N–H and O–H groups in total. The second kappa shape index (κ2) is 8.52. The smallest absolute Gasteiger partial charge is 0.323 e. The summed E-state index contributed by atoms with van der Waals surface area (Å²) < 4.78 is 88.0. The number of aliphatic hydroxyl groups is 1. The summed E-state index contributed by atoms with van der Waals surface area (Å²) in [5, 5.41) is 15.4. The van der Waals surface area contributed by atoms with Gasteiger partial charge >= 0.3 is 6.03 Å². The van der Waals surface area contributed by atoms with Crippen molar-refractivity contribution in [2.75, 3.05) is 24.7 Å². The lowest BCUT2D eigenvalue weighted by Gasteiger charge is -2.26. The van der Waals surface area contributed by atoms with E-state index in [9.17, 15) is 35.9 Å². The Balaban J connectivity index is 1.70. The number of hydrogen-bond acceptors (Lipinski definition) is 6. The van der Waals surface area contributed by atoms with E-state index in [4.69, 9.17) is 4.52 Å². The molecule has 2 atom stereocenters. The molecule has 0 aliphatic carbocycles. The zero-order chi connectivity index (χ0) is 24.8. The molecule has 34 heavy (non-hydrogen) atoms. The lowest BCUT2D eigenvalue weighted by molar-refractivity contribution is -0.0557. The van der Waals surface area contributed by atoms with Crippen molar-refractivity contribution in [1.29, 1.82) is 0 Å². The van der Waals surface area contributed by atoms with Gasteiger partial charge in [-0.15, -0.1) is 0 Å². The minimum Gasteiger partial charge on any atom is -0.394 e. The van der Waals surface area contributed by atoms with E-state index in [0.717, 1.165) is 12.1 Å². The van der Waals surface area contributed by atoms with E-state index in [1.807, 2.05) is 0 Å². The van der Waals surface area contributed by atoms with Crippen LogP contribution in [0.25, 0.3) is 22.1 Å². The average molecular weight is 502 g/mol. The lowest BCUT2D eigenvalue weighted by Crippen LogP contribution is -2.51. The summed E-state index contributed by atoms with van der Waals surface area (Å²) in [5.74, 6) is -5.87. The SMILES string of the molecule is CS(=O)(=O)N[C@@H]1CN(C(=O)Nc2noc3cccc(-c4c(F)cccc4F)c23)[C@H](CO)C1(F)F. The van der Waals surface area contributed by atoms with Gasteiger partial charge in [0, 0.05) is 12.1 Å². The van der Waals surface area contributed by atoms with E-state index in [-0.39, 0.29) is 22.4 Å². The summed E-state index contributed by atoms with van der Waals surface area (Å²) in [6, 6.07) is 2.30. The molecule has 1 aliphatic rings. The molecule has 1 fully saturated rings. The van der Waals surface area contributed by atoms with Crippen molar-refractivity contribution in [2.45, 2.75) is 18.0 Å². The van der Waals surface area contributed by atoms with Crippen molar-refractivity contribution in [3.63, 3.8) is 0 Å². The summed E-state index contributed by atoms with van der Waals surface area (Å²) in [6.07, 6.45) is 0.685. The molecule has 0 spiro atoms. The highest BCUT2D eigenvalue weighted by Crippen LogP contribution is 2.38. The van der Waals surface area contributed by atoms with Gasteiger partial charge in [0.15, 0.2) is 11.4 Å². The number of benzene rings is 2. The van der Waals surface area contributed by atoms with Crippen LogP contribution in [0.2, 0.25) is 0 Å². The van der Waals surface area contributed by atoms with E-state index >= 15 is 0 Å². The molecule has 0 saturated carbocycles. The zero-order valence-electron chi connectivity index (χ0n) is 17.4. The monoisotopic (exact) mass is 502 g/mol. The van der Waals surface area contributed by atoms with Gasteiger partial charge in [-0.2, -0.15) is 0 Å². The van der Waals surface area contributed by atoms with Gasteiger partial charge in [0.1, 0.15) is 23.7 Å².